The molecule has 1 aliphatic carbocycles. The lowest BCUT2D eigenvalue weighted by atomic mass is 9.72. The van der Waals surface area contributed by atoms with Crippen LogP contribution in [0, 0.1) is 0 Å². The van der Waals surface area contributed by atoms with E-state index in [0.29, 0.717) is 33.0 Å². The molecular formula is C46H46N2O3. The average Bonchev–Trinajstić information content (AvgIpc) is 3.44. The van der Waals surface area contributed by atoms with Crippen LogP contribution in [0.3, 0.4) is 0 Å². The van der Waals surface area contributed by atoms with E-state index >= 15 is 0 Å². The number of para-hydroxylation sites is 2. The van der Waals surface area contributed by atoms with Gasteiger partial charge in [-0.1, -0.05) is 84.9 Å². The lowest BCUT2D eigenvalue weighted by Gasteiger charge is -2.33. The molecule has 0 atom stereocenters. The quantitative estimate of drug-likeness (QED) is 0.100. The third-order valence-corrected chi connectivity index (χ3v) is 9.90. The topological polar surface area (TPSA) is 51.8 Å². The summed E-state index contributed by atoms with van der Waals surface area (Å²) in [5.41, 5.74) is 14.1. The lowest BCUT2D eigenvalue weighted by molar-refractivity contribution is 0.0588. The van der Waals surface area contributed by atoms with Crippen LogP contribution in [0.1, 0.15) is 30.9 Å². The van der Waals surface area contributed by atoms with Crippen molar-refractivity contribution in [3.8, 4) is 33.4 Å². The van der Waals surface area contributed by atoms with Crippen molar-refractivity contribution in [2.24, 2.45) is 0 Å². The third kappa shape index (κ3) is 7.77. The van der Waals surface area contributed by atoms with Crippen LogP contribution in [0.25, 0.3) is 33.4 Å². The zero-order chi connectivity index (χ0) is 34.9. The number of nitrogens with one attached hydrogen (secondary N) is 2. The highest BCUT2D eigenvalue weighted by molar-refractivity contribution is 5.86. The molecule has 6 aromatic carbocycles. The molecule has 6 aromatic rings. The van der Waals surface area contributed by atoms with Crippen LogP contribution in [0.15, 0.2) is 146 Å². The number of hydrogen-bond donors (Lipinski definition) is 2. The van der Waals surface area contributed by atoms with Crippen LogP contribution in [0.4, 0.5) is 22.7 Å². The molecule has 5 heteroatoms. The molecule has 2 N–H and O–H groups in total. The third-order valence-electron chi connectivity index (χ3n) is 9.90. The molecule has 5 nitrogen and oxygen atoms in total. The van der Waals surface area contributed by atoms with Crippen molar-refractivity contribution in [3.63, 3.8) is 0 Å². The van der Waals surface area contributed by atoms with Gasteiger partial charge in [0.25, 0.3) is 0 Å². The molecule has 0 unspecified atom stereocenters. The first-order valence-corrected chi connectivity index (χ1v) is 18.0. The molecule has 0 aliphatic heterocycles. The summed E-state index contributed by atoms with van der Waals surface area (Å²) in [6.45, 7) is 5.21. The molecule has 258 valence electrons. The molecule has 0 fully saturated rings. The maximum Gasteiger partial charge on any atom is 0.0700 e. The van der Waals surface area contributed by atoms with Gasteiger partial charge in [-0.05, 0) is 125 Å². The fourth-order valence-electron chi connectivity index (χ4n) is 7.27. The molecule has 0 spiro atoms. The summed E-state index contributed by atoms with van der Waals surface area (Å²) >= 11 is 0. The van der Waals surface area contributed by atoms with Crippen LogP contribution in [-0.4, -0.2) is 40.1 Å². The molecule has 1 aliphatic rings. The van der Waals surface area contributed by atoms with Gasteiger partial charge < -0.3 is 24.8 Å². The molecule has 0 saturated heterocycles. The van der Waals surface area contributed by atoms with Gasteiger partial charge in [-0.3, -0.25) is 0 Å². The van der Waals surface area contributed by atoms with E-state index < -0.39 is 0 Å². The second-order valence-corrected chi connectivity index (χ2v) is 13.0. The number of anilines is 4. The highest BCUT2D eigenvalue weighted by Crippen LogP contribution is 2.54. The molecule has 0 bridgehead atoms. The second-order valence-electron chi connectivity index (χ2n) is 13.0. The Morgan fingerprint density at radius 1 is 0.451 bits per heavy atom. The van der Waals surface area contributed by atoms with E-state index in [1.54, 1.807) is 7.11 Å². The minimum absolute atomic E-state index is 0.275. The van der Waals surface area contributed by atoms with E-state index in [1.807, 2.05) is 36.4 Å². The Morgan fingerprint density at radius 3 is 1.33 bits per heavy atom. The standard InChI is InChI=1S/C46H46N2O3/c1-3-50-28-26-46(27-29-51-31-30-49-2)44-32-36(34-14-20-40(21-15-34)47-38-10-6-4-7-11-38)18-24-42(44)43-25-19-37(33-45(43)46)35-16-22-41(23-17-35)48-39-12-8-5-9-13-39/h4-25,32-33,47-48H,3,26-31H2,1-2H3. The van der Waals surface area contributed by atoms with E-state index in [1.165, 1.54) is 44.5 Å². The number of hydrogen-bond acceptors (Lipinski definition) is 5. The Labute approximate surface area is 302 Å². The SMILES string of the molecule is CCOCCC1(CCOCCOC)c2cc(-c3ccc(Nc4ccccc4)cc3)ccc2-c2ccc(-c3ccc(Nc4ccccc4)cc3)cc21. The normalized spacial score (nSPS) is 12.7. The summed E-state index contributed by atoms with van der Waals surface area (Å²) in [4.78, 5) is 0. The van der Waals surface area contributed by atoms with Crippen molar-refractivity contribution in [1.29, 1.82) is 0 Å². The van der Waals surface area contributed by atoms with Gasteiger partial charge in [0.05, 0.1) is 13.2 Å². The molecule has 0 saturated carbocycles. The molecule has 0 aromatic heterocycles. The van der Waals surface area contributed by atoms with Crippen molar-refractivity contribution in [2.75, 3.05) is 50.8 Å². The summed E-state index contributed by atoms with van der Waals surface area (Å²) in [7, 11) is 1.72. The van der Waals surface area contributed by atoms with Crippen LogP contribution < -0.4 is 10.6 Å². The van der Waals surface area contributed by atoms with Crippen LogP contribution in [-0.2, 0) is 19.6 Å². The smallest absolute Gasteiger partial charge is 0.0700 e. The van der Waals surface area contributed by atoms with Gasteiger partial charge >= 0.3 is 0 Å². The number of benzene rings is 6. The molecule has 0 heterocycles. The molecule has 7 rings (SSSR count). The lowest BCUT2D eigenvalue weighted by Crippen LogP contribution is -2.29. The Balaban J connectivity index is 1.24. The fraction of sp³-hybridized carbons (Fsp3) is 0.217. The first kappa shape index (κ1) is 34.3. The van der Waals surface area contributed by atoms with Crippen molar-refractivity contribution < 1.29 is 14.2 Å². The predicted octanol–water partition coefficient (Wildman–Crippen LogP) is 11.3. The highest BCUT2D eigenvalue weighted by atomic mass is 16.5. The van der Waals surface area contributed by atoms with Crippen molar-refractivity contribution >= 4 is 22.7 Å². The summed E-state index contributed by atoms with van der Waals surface area (Å²) < 4.78 is 17.5. The van der Waals surface area contributed by atoms with Crippen molar-refractivity contribution in [3.05, 3.63) is 157 Å². The van der Waals surface area contributed by atoms with Crippen molar-refractivity contribution in [2.45, 2.75) is 25.2 Å². The van der Waals surface area contributed by atoms with E-state index in [-0.39, 0.29) is 5.41 Å². The van der Waals surface area contributed by atoms with Gasteiger partial charge in [-0.25, -0.2) is 0 Å². The van der Waals surface area contributed by atoms with E-state index in [9.17, 15) is 0 Å². The minimum atomic E-state index is -0.275. The van der Waals surface area contributed by atoms with E-state index in [0.717, 1.165) is 35.6 Å². The van der Waals surface area contributed by atoms with Crippen molar-refractivity contribution in [1.82, 2.24) is 0 Å². The summed E-state index contributed by atoms with van der Waals surface area (Å²) in [6, 6.07) is 52.0. The van der Waals surface area contributed by atoms with E-state index in [2.05, 4.69) is 127 Å². The predicted molar refractivity (Wildman–Crippen MR) is 211 cm³/mol. The van der Waals surface area contributed by atoms with Gasteiger partial charge in [0.1, 0.15) is 0 Å². The fourth-order valence-corrected chi connectivity index (χ4v) is 7.27. The highest BCUT2D eigenvalue weighted by Gasteiger charge is 2.43. The zero-order valence-corrected chi connectivity index (χ0v) is 29.5. The summed E-state index contributed by atoms with van der Waals surface area (Å²) in [6.07, 6.45) is 1.71. The van der Waals surface area contributed by atoms with Gasteiger partial charge in [0, 0.05) is 55.1 Å². The maximum absolute atomic E-state index is 6.17. The van der Waals surface area contributed by atoms with Crippen LogP contribution >= 0.6 is 0 Å². The Morgan fingerprint density at radius 2 is 0.882 bits per heavy atom. The number of fused-ring (bicyclic) bond motifs is 3. The van der Waals surface area contributed by atoms with Gasteiger partial charge in [-0.15, -0.1) is 0 Å². The van der Waals surface area contributed by atoms with Gasteiger partial charge in [-0.2, -0.15) is 0 Å². The monoisotopic (exact) mass is 674 g/mol. The maximum atomic E-state index is 6.17. The van der Waals surface area contributed by atoms with Crippen LogP contribution in [0.5, 0.6) is 0 Å². The zero-order valence-electron chi connectivity index (χ0n) is 29.5. The number of ether oxygens (including phenoxy) is 3. The molecule has 51 heavy (non-hydrogen) atoms. The Hall–Kier alpha value is -5.20. The first-order chi connectivity index (χ1) is 25.2. The summed E-state index contributed by atoms with van der Waals surface area (Å²) in [5, 5.41) is 7.02. The first-order valence-electron chi connectivity index (χ1n) is 18.0. The Bertz CT molecular complexity index is 1870. The second kappa shape index (κ2) is 16.2. The average molecular weight is 675 g/mol. The number of rotatable bonds is 16. The largest absolute Gasteiger partial charge is 0.382 e. The minimum Gasteiger partial charge on any atom is -0.382 e. The molecular weight excluding hydrogens is 629 g/mol. The van der Waals surface area contributed by atoms with Gasteiger partial charge in [0.2, 0.25) is 0 Å². The van der Waals surface area contributed by atoms with Crippen LogP contribution in [0.2, 0.25) is 0 Å². The number of methoxy groups -OCH3 is 1. The Kier molecular flexibility index (Phi) is 10.9. The van der Waals surface area contributed by atoms with Gasteiger partial charge in [0.15, 0.2) is 0 Å². The van der Waals surface area contributed by atoms with E-state index in [4.69, 9.17) is 14.2 Å². The molecule has 0 radical (unpaired) electrons. The summed E-state index contributed by atoms with van der Waals surface area (Å²) in [5.74, 6) is 0. The molecule has 0 amide bonds.